The Morgan fingerprint density at radius 3 is 2.92 bits per heavy atom. The SMILES string of the molecule is CCCNC(=O)c1nn2c(c1Cl)N[C@H](c1cccs1)C[C@@H]2C(F)(F)F. The highest BCUT2D eigenvalue weighted by Crippen LogP contribution is 2.46. The number of alkyl halides is 3. The molecule has 1 aliphatic rings. The average Bonchev–Trinajstić information content (AvgIpc) is 3.19. The van der Waals surface area contributed by atoms with Gasteiger partial charge in [0.25, 0.3) is 5.91 Å². The minimum absolute atomic E-state index is 0.0234. The van der Waals surface area contributed by atoms with Crippen molar-refractivity contribution in [2.75, 3.05) is 11.9 Å². The lowest BCUT2D eigenvalue weighted by Gasteiger charge is -2.32. The Bertz CT molecular complexity index is 760. The van der Waals surface area contributed by atoms with Crippen LogP contribution in [0.5, 0.6) is 0 Å². The fourth-order valence-corrected chi connectivity index (χ4v) is 3.79. The van der Waals surface area contributed by atoms with Gasteiger partial charge in [-0.05, 0) is 17.9 Å². The molecule has 1 aliphatic heterocycles. The predicted molar refractivity (Wildman–Crippen MR) is 90.3 cm³/mol. The fourth-order valence-electron chi connectivity index (χ4n) is 2.73. The highest BCUT2D eigenvalue weighted by Gasteiger charge is 2.48. The lowest BCUT2D eigenvalue weighted by Crippen LogP contribution is -2.35. The van der Waals surface area contributed by atoms with Crippen LogP contribution in [0.3, 0.4) is 0 Å². The first-order valence-electron chi connectivity index (χ1n) is 7.75. The summed E-state index contributed by atoms with van der Waals surface area (Å²) in [6.07, 6.45) is -4.02. The molecule has 136 valence electrons. The number of fused-ring (bicyclic) bond motifs is 1. The lowest BCUT2D eigenvalue weighted by molar-refractivity contribution is -0.173. The number of nitrogens with one attached hydrogen (secondary N) is 2. The van der Waals surface area contributed by atoms with E-state index in [-0.39, 0.29) is 23.0 Å². The standard InChI is InChI=1S/C15H16ClF3N4OS/c1-2-5-20-14(24)12-11(16)13-21-8(9-4-3-6-25-9)7-10(15(17,18)19)23(13)22-12/h3-4,6,8,10,21H,2,5,7H2,1H3,(H,20,24)/t8-,10+/m0/s1. The molecule has 1 amide bonds. The van der Waals surface area contributed by atoms with Crippen LogP contribution in [0.1, 0.15) is 47.2 Å². The summed E-state index contributed by atoms with van der Waals surface area (Å²) in [6.45, 7) is 2.26. The van der Waals surface area contributed by atoms with Crippen molar-refractivity contribution in [2.45, 2.75) is 38.0 Å². The van der Waals surface area contributed by atoms with E-state index in [9.17, 15) is 18.0 Å². The highest BCUT2D eigenvalue weighted by atomic mass is 35.5. The Kier molecular flexibility index (Phi) is 4.97. The van der Waals surface area contributed by atoms with E-state index in [1.165, 1.54) is 11.3 Å². The van der Waals surface area contributed by atoms with Gasteiger partial charge in [0.1, 0.15) is 10.8 Å². The topological polar surface area (TPSA) is 59.0 Å². The second-order valence-corrected chi connectivity index (χ2v) is 7.07. The van der Waals surface area contributed by atoms with Crippen molar-refractivity contribution in [1.29, 1.82) is 0 Å². The summed E-state index contributed by atoms with van der Waals surface area (Å²) in [7, 11) is 0. The van der Waals surface area contributed by atoms with E-state index in [1.54, 1.807) is 17.5 Å². The van der Waals surface area contributed by atoms with Gasteiger partial charge in [0.2, 0.25) is 0 Å². The Hall–Kier alpha value is -1.74. The number of nitrogens with zero attached hydrogens (tertiary/aromatic N) is 2. The number of aromatic nitrogens is 2. The number of halogens is 4. The molecule has 0 spiro atoms. The van der Waals surface area contributed by atoms with Crippen molar-refractivity contribution in [1.82, 2.24) is 15.1 Å². The molecule has 25 heavy (non-hydrogen) atoms. The molecule has 2 atom stereocenters. The van der Waals surface area contributed by atoms with Crippen molar-refractivity contribution >= 4 is 34.7 Å². The van der Waals surface area contributed by atoms with E-state index in [2.05, 4.69) is 15.7 Å². The van der Waals surface area contributed by atoms with E-state index < -0.39 is 24.2 Å². The van der Waals surface area contributed by atoms with Crippen LogP contribution in [0.2, 0.25) is 5.02 Å². The number of thiophene rings is 1. The summed E-state index contributed by atoms with van der Waals surface area (Å²) >= 11 is 7.55. The van der Waals surface area contributed by atoms with Crippen molar-refractivity contribution in [2.24, 2.45) is 0 Å². The third-order valence-electron chi connectivity index (χ3n) is 3.93. The van der Waals surface area contributed by atoms with Crippen LogP contribution in [0, 0.1) is 0 Å². The molecule has 3 rings (SSSR count). The summed E-state index contributed by atoms with van der Waals surface area (Å²) < 4.78 is 41.4. The van der Waals surface area contributed by atoms with Crippen LogP contribution in [-0.2, 0) is 0 Å². The molecule has 0 saturated carbocycles. The van der Waals surface area contributed by atoms with E-state index in [4.69, 9.17) is 11.6 Å². The number of hydrogen-bond acceptors (Lipinski definition) is 4. The average molecular weight is 393 g/mol. The van der Waals surface area contributed by atoms with E-state index in [1.807, 2.05) is 6.92 Å². The molecule has 5 nitrogen and oxygen atoms in total. The monoisotopic (exact) mass is 392 g/mol. The van der Waals surface area contributed by atoms with Gasteiger partial charge in [-0.1, -0.05) is 24.6 Å². The minimum Gasteiger partial charge on any atom is -0.361 e. The van der Waals surface area contributed by atoms with Crippen LogP contribution in [0.4, 0.5) is 19.0 Å². The molecule has 0 aliphatic carbocycles. The molecule has 0 fully saturated rings. The van der Waals surface area contributed by atoms with Crippen molar-refractivity contribution in [3.63, 3.8) is 0 Å². The third kappa shape index (κ3) is 3.48. The van der Waals surface area contributed by atoms with Gasteiger partial charge in [-0.2, -0.15) is 18.3 Å². The molecule has 0 bridgehead atoms. The van der Waals surface area contributed by atoms with Crippen molar-refractivity contribution in [3.05, 3.63) is 33.1 Å². The molecule has 0 saturated heterocycles. The number of carbonyl (C=O) groups excluding carboxylic acids is 1. The zero-order chi connectivity index (χ0) is 18.2. The first kappa shape index (κ1) is 18.1. The number of carbonyl (C=O) groups is 1. The van der Waals surface area contributed by atoms with Crippen molar-refractivity contribution < 1.29 is 18.0 Å². The van der Waals surface area contributed by atoms with E-state index >= 15 is 0 Å². The van der Waals surface area contributed by atoms with E-state index in [0.29, 0.717) is 13.0 Å². The number of hydrogen-bond donors (Lipinski definition) is 2. The first-order chi connectivity index (χ1) is 11.8. The van der Waals surface area contributed by atoms with E-state index in [0.717, 1.165) is 9.56 Å². The molecule has 2 N–H and O–H groups in total. The molecule has 0 aromatic carbocycles. The van der Waals surface area contributed by atoms with Crippen LogP contribution in [-0.4, -0.2) is 28.4 Å². The van der Waals surface area contributed by atoms with Crippen LogP contribution in [0.15, 0.2) is 17.5 Å². The van der Waals surface area contributed by atoms with Gasteiger partial charge in [0, 0.05) is 17.8 Å². The summed E-state index contributed by atoms with van der Waals surface area (Å²) in [4.78, 5) is 12.9. The molecule has 2 aromatic rings. The zero-order valence-corrected chi connectivity index (χ0v) is 14.8. The summed E-state index contributed by atoms with van der Waals surface area (Å²) in [6, 6.07) is 1.16. The molecule has 3 heterocycles. The Labute approximate surface area is 151 Å². The lowest BCUT2D eigenvalue weighted by atomic mass is 10.0. The van der Waals surface area contributed by atoms with Gasteiger partial charge in [-0.15, -0.1) is 11.3 Å². The minimum atomic E-state index is -4.50. The zero-order valence-electron chi connectivity index (χ0n) is 13.2. The molecule has 0 radical (unpaired) electrons. The Morgan fingerprint density at radius 1 is 1.56 bits per heavy atom. The highest BCUT2D eigenvalue weighted by molar-refractivity contribution is 7.10. The molecule has 10 heteroatoms. The fraction of sp³-hybridized carbons (Fsp3) is 0.467. The van der Waals surface area contributed by atoms with Crippen LogP contribution >= 0.6 is 22.9 Å². The Morgan fingerprint density at radius 2 is 2.32 bits per heavy atom. The molecule has 2 aromatic heterocycles. The normalized spacial score (nSPS) is 20.0. The Balaban J connectivity index is 2.00. The smallest absolute Gasteiger partial charge is 0.361 e. The quantitative estimate of drug-likeness (QED) is 0.810. The second kappa shape index (κ2) is 6.87. The third-order valence-corrected chi connectivity index (χ3v) is 5.28. The predicted octanol–water partition coefficient (Wildman–Crippen LogP) is 4.40. The van der Waals surface area contributed by atoms with Gasteiger partial charge in [0.05, 0.1) is 6.04 Å². The van der Waals surface area contributed by atoms with Gasteiger partial charge >= 0.3 is 6.18 Å². The first-order valence-corrected chi connectivity index (χ1v) is 9.01. The van der Waals surface area contributed by atoms with Crippen LogP contribution < -0.4 is 10.6 Å². The van der Waals surface area contributed by atoms with Crippen molar-refractivity contribution in [3.8, 4) is 0 Å². The molecular formula is C15H16ClF3N4OS. The maximum Gasteiger partial charge on any atom is 0.410 e. The second-order valence-electron chi connectivity index (χ2n) is 5.72. The maximum atomic E-state index is 13.6. The van der Waals surface area contributed by atoms with Gasteiger partial charge < -0.3 is 10.6 Å². The summed E-state index contributed by atoms with van der Waals surface area (Å²) in [5.74, 6) is -0.556. The summed E-state index contributed by atoms with van der Waals surface area (Å²) in [5, 5.41) is 11.2. The number of rotatable bonds is 4. The largest absolute Gasteiger partial charge is 0.410 e. The summed E-state index contributed by atoms with van der Waals surface area (Å²) in [5.41, 5.74) is -0.196. The number of anilines is 1. The maximum absolute atomic E-state index is 13.6. The molecular weight excluding hydrogens is 377 g/mol. The van der Waals surface area contributed by atoms with Gasteiger partial charge in [-0.3, -0.25) is 4.79 Å². The molecule has 0 unspecified atom stereocenters. The number of amides is 1. The van der Waals surface area contributed by atoms with Crippen LogP contribution in [0.25, 0.3) is 0 Å². The van der Waals surface area contributed by atoms with Gasteiger partial charge in [0.15, 0.2) is 11.7 Å². The van der Waals surface area contributed by atoms with Gasteiger partial charge in [-0.25, -0.2) is 4.68 Å².